The zero-order chi connectivity index (χ0) is 20.1. The van der Waals surface area contributed by atoms with Crippen molar-refractivity contribution in [2.24, 2.45) is 23.2 Å². The lowest BCUT2D eigenvalue weighted by molar-refractivity contribution is -0.139. The van der Waals surface area contributed by atoms with E-state index < -0.39 is 11.6 Å². The van der Waals surface area contributed by atoms with Gasteiger partial charge in [0.15, 0.2) is 0 Å². The van der Waals surface area contributed by atoms with Crippen LogP contribution in [0.1, 0.15) is 52.9 Å². The van der Waals surface area contributed by atoms with Gasteiger partial charge in [0, 0.05) is 26.2 Å². The molecule has 2 N–H and O–H groups in total. The molecule has 0 unspecified atom stereocenters. The summed E-state index contributed by atoms with van der Waals surface area (Å²) < 4.78 is 0. The quantitative estimate of drug-likeness (QED) is 0.714. The minimum Gasteiger partial charge on any atom is -0.340 e. The Morgan fingerprint density at radius 3 is 2.32 bits per heavy atom. The van der Waals surface area contributed by atoms with E-state index >= 15 is 0 Å². The standard InChI is InChI=1S/C21H34N4O3/c1-4-20(2,3)16-5-7-21(8-6-16)18(27)25(19(28)23-21)13-17(26)24-11-14-9-22-10-15(14)12-24/h14-16,22H,4-13H2,1-3H3,(H,23,28)/t14-,15+,16?,21?. The van der Waals surface area contributed by atoms with Crippen molar-refractivity contribution in [2.75, 3.05) is 32.7 Å². The average molecular weight is 391 g/mol. The Morgan fingerprint density at radius 1 is 1.14 bits per heavy atom. The van der Waals surface area contributed by atoms with Gasteiger partial charge in [0.2, 0.25) is 5.91 Å². The van der Waals surface area contributed by atoms with Crippen LogP contribution in [0.4, 0.5) is 4.79 Å². The van der Waals surface area contributed by atoms with Crippen molar-refractivity contribution >= 4 is 17.8 Å². The molecular weight excluding hydrogens is 356 g/mol. The van der Waals surface area contributed by atoms with Crippen LogP contribution < -0.4 is 10.6 Å². The van der Waals surface area contributed by atoms with Gasteiger partial charge in [-0.25, -0.2) is 4.79 Å². The third kappa shape index (κ3) is 3.21. The Bertz CT molecular complexity index is 657. The van der Waals surface area contributed by atoms with Gasteiger partial charge in [-0.05, 0) is 48.9 Å². The molecule has 4 fully saturated rings. The number of nitrogens with zero attached hydrogens (tertiary/aromatic N) is 2. The molecular formula is C21H34N4O3. The molecule has 0 aromatic carbocycles. The molecule has 4 rings (SSSR count). The summed E-state index contributed by atoms with van der Waals surface area (Å²) >= 11 is 0. The van der Waals surface area contributed by atoms with Crippen molar-refractivity contribution in [3.8, 4) is 0 Å². The van der Waals surface area contributed by atoms with E-state index in [2.05, 4.69) is 31.4 Å². The lowest BCUT2D eigenvalue weighted by Crippen LogP contribution is -2.51. The van der Waals surface area contributed by atoms with E-state index in [1.54, 1.807) is 0 Å². The molecule has 4 amide bonds. The molecule has 0 bridgehead atoms. The van der Waals surface area contributed by atoms with Gasteiger partial charge in [-0.2, -0.15) is 0 Å². The summed E-state index contributed by atoms with van der Waals surface area (Å²) in [5.74, 6) is 1.29. The fourth-order valence-electron chi connectivity index (χ4n) is 5.63. The molecule has 3 heterocycles. The number of fused-ring (bicyclic) bond motifs is 1. The molecule has 156 valence electrons. The van der Waals surface area contributed by atoms with Crippen molar-refractivity contribution < 1.29 is 14.4 Å². The van der Waals surface area contributed by atoms with Crippen molar-refractivity contribution in [1.82, 2.24) is 20.4 Å². The average Bonchev–Trinajstić information content (AvgIpc) is 3.32. The lowest BCUT2D eigenvalue weighted by atomic mass is 9.65. The molecule has 4 aliphatic rings. The molecule has 3 saturated heterocycles. The SMILES string of the molecule is CCC(C)(C)C1CCC2(CC1)NC(=O)N(CC(=O)N1C[C@H]3CNC[C@H]3C1)C2=O. The number of hydrogen-bond acceptors (Lipinski definition) is 4. The number of nitrogens with one attached hydrogen (secondary N) is 2. The maximum Gasteiger partial charge on any atom is 0.325 e. The minimum absolute atomic E-state index is 0.101. The van der Waals surface area contributed by atoms with Crippen LogP contribution in [-0.2, 0) is 9.59 Å². The first kappa shape index (κ1) is 19.7. The molecule has 28 heavy (non-hydrogen) atoms. The van der Waals surface area contributed by atoms with E-state index in [4.69, 9.17) is 0 Å². The van der Waals surface area contributed by atoms with Crippen LogP contribution in [0, 0.1) is 23.2 Å². The number of carbonyl (C=O) groups excluding carboxylic acids is 3. The summed E-state index contributed by atoms with van der Waals surface area (Å²) in [5, 5.41) is 6.31. The monoisotopic (exact) mass is 390 g/mol. The van der Waals surface area contributed by atoms with Gasteiger partial charge in [0.25, 0.3) is 5.91 Å². The summed E-state index contributed by atoms with van der Waals surface area (Å²) in [5.41, 5.74) is -0.533. The number of amides is 4. The van der Waals surface area contributed by atoms with Crippen molar-refractivity contribution in [1.29, 1.82) is 0 Å². The highest BCUT2D eigenvalue weighted by Crippen LogP contribution is 2.45. The van der Waals surface area contributed by atoms with E-state index in [9.17, 15) is 14.4 Å². The molecule has 0 aromatic heterocycles. The van der Waals surface area contributed by atoms with Gasteiger partial charge in [-0.3, -0.25) is 14.5 Å². The number of rotatable bonds is 4. The smallest absolute Gasteiger partial charge is 0.325 e. The van der Waals surface area contributed by atoms with Gasteiger partial charge in [0.1, 0.15) is 12.1 Å². The zero-order valence-corrected chi connectivity index (χ0v) is 17.4. The number of imide groups is 1. The van der Waals surface area contributed by atoms with Gasteiger partial charge in [-0.1, -0.05) is 27.2 Å². The number of urea groups is 1. The molecule has 2 atom stereocenters. The van der Waals surface area contributed by atoms with Crippen LogP contribution in [0.3, 0.4) is 0 Å². The predicted octanol–water partition coefficient (Wildman–Crippen LogP) is 1.58. The predicted molar refractivity (Wildman–Crippen MR) is 105 cm³/mol. The highest BCUT2D eigenvalue weighted by molar-refractivity contribution is 6.09. The molecule has 1 aliphatic carbocycles. The van der Waals surface area contributed by atoms with Gasteiger partial charge in [-0.15, -0.1) is 0 Å². The van der Waals surface area contributed by atoms with E-state index in [0.29, 0.717) is 30.6 Å². The third-order valence-electron chi connectivity index (χ3n) is 8.14. The van der Waals surface area contributed by atoms with Crippen LogP contribution in [0.2, 0.25) is 0 Å². The zero-order valence-electron chi connectivity index (χ0n) is 17.4. The Morgan fingerprint density at radius 2 is 1.75 bits per heavy atom. The second kappa shape index (κ2) is 7.01. The first-order valence-corrected chi connectivity index (χ1v) is 10.9. The Labute approximate surface area is 167 Å². The maximum absolute atomic E-state index is 13.1. The van der Waals surface area contributed by atoms with Crippen molar-refractivity contribution in [2.45, 2.75) is 58.4 Å². The molecule has 1 spiro atoms. The van der Waals surface area contributed by atoms with Crippen LogP contribution in [0.5, 0.6) is 0 Å². The van der Waals surface area contributed by atoms with Gasteiger partial charge in [0.05, 0.1) is 0 Å². The lowest BCUT2D eigenvalue weighted by Gasteiger charge is -2.42. The largest absolute Gasteiger partial charge is 0.340 e. The Hall–Kier alpha value is -1.63. The second-order valence-electron chi connectivity index (χ2n) is 10.00. The van der Waals surface area contributed by atoms with E-state index in [0.717, 1.165) is 45.4 Å². The van der Waals surface area contributed by atoms with Gasteiger partial charge >= 0.3 is 6.03 Å². The highest BCUT2D eigenvalue weighted by Gasteiger charge is 2.54. The van der Waals surface area contributed by atoms with Crippen LogP contribution in [0.15, 0.2) is 0 Å². The number of carbonyl (C=O) groups is 3. The Kier molecular flexibility index (Phi) is 4.92. The topological polar surface area (TPSA) is 81.8 Å². The highest BCUT2D eigenvalue weighted by atomic mass is 16.2. The fraction of sp³-hybridized carbons (Fsp3) is 0.857. The molecule has 0 radical (unpaired) electrons. The van der Waals surface area contributed by atoms with Crippen LogP contribution >= 0.6 is 0 Å². The molecule has 7 heteroatoms. The van der Waals surface area contributed by atoms with Crippen molar-refractivity contribution in [3.63, 3.8) is 0 Å². The summed E-state index contributed by atoms with van der Waals surface area (Å²) in [4.78, 5) is 41.4. The van der Waals surface area contributed by atoms with E-state index in [-0.39, 0.29) is 23.8 Å². The first-order valence-electron chi connectivity index (χ1n) is 10.9. The number of hydrogen-bond donors (Lipinski definition) is 2. The minimum atomic E-state index is -0.789. The van der Waals surface area contributed by atoms with E-state index in [1.165, 1.54) is 4.90 Å². The first-order chi connectivity index (χ1) is 13.3. The second-order valence-corrected chi connectivity index (χ2v) is 10.00. The normalized spacial score (nSPS) is 35.6. The molecule has 7 nitrogen and oxygen atoms in total. The van der Waals surface area contributed by atoms with E-state index in [1.807, 2.05) is 4.90 Å². The summed E-state index contributed by atoms with van der Waals surface area (Å²) in [6, 6.07) is -0.396. The number of likely N-dealkylation sites (tertiary alicyclic amines) is 1. The summed E-state index contributed by atoms with van der Waals surface area (Å²) in [7, 11) is 0. The Balaban J connectivity index is 1.37. The van der Waals surface area contributed by atoms with Crippen molar-refractivity contribution in [3.05, 3.63) is 0 Å². The fourth-order valence-corrected chi connectivity index (χ4v) is 5.63. The maximum atomic E-state index is 13.1. The summed E-state index contributed by atoms with van der Waals surface area (Å²) in [6.07, 6.45) is 4.35. The molecule has 3 aliphatic heterocycles. The summed E-state index contributed by atoms with van der Waals surface area (Å²) in [6.45, 7) is 10.0. The third-order valence-corrected chi connectivity index (χ3v) is 8.14. The molecule has 1 saturated carbocycles. The van der Waals surface area contributed by atoms with Gasteiger partial charge < -0.3 is 15.5 Å². The van der Waals surface area contributed by atoms with Crippen LogP contribution in [0.25, 0.3) is 0 Å². The van der Waals surface area contributed by atoms with Crippen LogP contribution in [-0.4, -0.2) is 65.9 Å². The molecule has 0 aromatic rings.